The molecule has 2 aromatic rings. The summed E-state index contributed by atoms with van der Waals surface area (Å²) in [5, 5.41) is 5.88. The van der Waals surface area contributed by atoms with Gasteiger partial charge in [0.2, 0.25) is 5.91 Å². The molecule has 3 atom stereocenters. The van der Waals surface area contributed by atoms with Crippen LogP contribution < -0.4 is 10.6 Å². The number of para-hydroxylation sites is 1. The third kappa shape index (κ3) is 4.56. The van der Waals surface area contributed by atoms with Crippen molar-refractivity contribution in [2.45, 2.75) is 38.6 Å². The maximum atomic E-state index is 12.7. The molecule has 0 aromatic heterocycles. The van der Waals surface area contributed by atoms with E-state index in [9.17, 15) is 14.4 Å². The number of ketones is 1. The first-order valence-electron chi connectivity index (χ1n) is 10.4. The summed E-state index contributed by atoms with van der Waals surface area (Å²) >= 11 is 0. The van der Waals surface area contributed by atoms with Gasteiger partial charge >= 0.3 is 0 Å². The summed E-state index contributed by atoms with van der Waals surface area (Å²) < 4.78 is 0. The van der Waals surface area contributed by atoms with Crippen LogP contribution in [0.3, 0.4) is 0 Å². The molecule has 2 bridgehead atoms. The molecule has 150 valence electrons. The van der Waals surface area contributed by atoms with Gasteiger partial charge in [-0.3, -0.25) is 14.4 Å². The molecular weight excluding hydrogens is 364 g/mol. The highest BCUT2D eigenvalue weighted by Gasteiger charge is 2.41. The second-order valence-electron chi connectivity index (χ2n) is 8.13. The molecule has 2 fully saturated rings. The highest BCUT2D eigenvalue weighted by atomic mass is 16.2. The molecule has 2 N–H and O–H groups in total. The number of anilines is 1. The lowest BCUT2D eigenvalue weighted by molar-refractivity contribution is -0.137. The SMILES string of the molecule is O=C(Nc1ccccc1)c1cccc(CNC(=O)C2C[C@H]3CCC[C@@H](C2)C3=O)c1. The molecule has 0 radical (unpaired) electrons. The highest BCUT2D eigenvalue weighted by molar-refractivity contribution is 6.04. The largest absolute Gasteiger partial charge is 0.352 e. The highest BCUT2D eigenvalue weighted by Crippen LogP contribution is 2.40. The number of carbonyl (C=O) groups excluding carboxylic acids is 3. The number of Topliss-reactive ketones (excluding diaryl/α,β-unsaturated/α-hetero) is 1. The number of carbonyl (C=O) groups is 3. The Morgan fingerprint density at radius 3 is 2.38 bits per heavy atom. The van der Waals surface area contributed by atoms with E-state index in [-0.39, 0.29) is 29.6 Å². The van der Waals surface area contributed by atoms with E-state index in [1.54, 1.807) is 12.1 Å². The predicted molar refractivity (Wildman–Crippen MR) is 111 cm³/mol. The van der Waals surface area contributed by atoms with Gasteiger partial charge in [-0.15, -0.1) is 0 Å². The molecule has 0 spiro atoms. The fourth-order valence-electron chi connectivity index (χ4n) is 4.57. The number of benzene rings is 2. The van der Waals surface area contributed by atoms with Gasteiger partial charge in [-0.25, -0.2) is 0 Å². The zero-order valence-corrected chi connectivity index (χ0v) is 16.4. The van der Waals surface area contributed by atoms with E-state index in [2.05, 4.69) is 10.6 Å². The van der Waals surface area contributed by atoms with Crippen LogP contribution >= 0.6 is 0 Å². The van der Waals surface area contributed by atoms with Gasteiger partial charge in [-0.05, 0) is 55.5 Å². The molecule has 0 saturated heterocycles. The van der Waals surface area contributed by atoms with Crippen LogP contribution in [0.5, 0.6) is 0 Å². The Balaban J connectivity index is 1.34. The summed E-state index contributed by atoms with van der Waals surface area (Å²) in [4.78, 5) is 37.3. The summed E-state index contributed by atoms with van der Waals surface area (Å²) in [5.41, 5.74) is 2.18. The van der Waals surface area contributed by atoms with E-state index in [1.165, 1.54) is 0 Å². The first-order valence-corrected chi connectivity index (χ1v) is 10.4. The molecule has 0 heterocycles. The molecule has 1 unspecified atom stereocenters. The Morgan fingerprint density at radius 1 is 0.931 bits per heavy atom. The summed E-state index contributed by atoms with van der Waals surface area (Å²) in [7, 11) is 0. The monoisotopic (exact) mass is 390 g/mol. The minimum Gasteiger partial charge on any atom is -0.352 e. The van der Waals surface area contributed by atoms with E-state index in [0.717, 1.165) is 30.5 Å². The van der Waals surface area contributed by atoms with Crippen LogP contribution in [0.1, 0.15) is 48.0 Å². The van der Waals surface area contributed by atoms with Crippen molar-refractivity contribution in [3.05, 3.63) is 65.7 Å². The van der Waals surface area contributed by atoms with Crippen LogP contribution in [0.2, 0.25) is 0 Å². The normalized spacial score (nSPS) is 23.3. The molecule has 2 aliphatic rings. The number of fused-ring (bicyclic) bond motifs is 2. The number of hydrogen-bond acceptors (Lipinski definition) is 3. The molecule has 5 heteroatoms. The maximum Gasteiger partial charge on any atom is 0.255 e. The molecule has 5 nitrogen and oxygen atoms in total. The van der Waals surface area contributed by atoms with Crippen LogP contribution in [-0.2, 0) is 16.1 Å². The molecule has 29 heavy (non-hydrogen) atoms. The Morgan fingerprint density at radius 2 is 1.66 bits per heavy atom. The van der Waals surface area contributed by atoms with Crippen molar-refractivity contribution in [3.8, 4) is 0 Å². The summed E-state index contributed by atoms with van der Waals surface area (Å²) in [6.07, 6.45) is 4.32. The first kappa shape index (κ1) is 19.4. The van der Waals surface area contributed by atoms with Crippen LogP contribution in [0.4, 0.5) is 5.69 Å². The van der Waals surface area contributed by atoms with Gasteiger partial charge in [0.1, 0.15) is 5.78 Å². The van der Waals surface area contributed by atoms with Gasteiger partial charge in [0.15, 0.2) is 0 Å². The smallest absolute Gasteiger partial charge is 0.255 e. The molecule has 2 amide bonds. The molecule has 2 aromatic carbocycles. The second kappa shape index (κ2) is 8.60. The average Bonchev–Trinajstić information content (AvgIpc) is 2.73. The van der Waals surface area contributed by atoms with Crippen LogP contribution in [0.25, 0.3) is 0 Å². The van der Waals surface area contributed by atoms with E-state index in [4.69, 9.17) is 0 Å². The summed E-state index contributed by atoms with van der Waals surface area (Å²) in [6, 6.07) is 16.6. The summed E-state index contributed by atoms with van der Waals surface area (Å²) in [6.45, 7) is 0.380. The zero-order chi connectivity index (χ0) is 20.2. The lowest BCUT2D eigenvalue weighted by Crippen LogP contribution is -2.42. The quantitative estimate of drug-likeness (QED) is 0.812. The van der Waals surface area contributed by atoms with E-state index in [0.29, 0.717) is 30.7 Å². The Bertz CT molecular complexity index is 893. The summed E-state index contributed by atoms with van der Waals surface area (Å²) in [5.74, 6) is 0.285. The fraction of sp³-hybridized carbons (Fsp3) is 0.375. The van der Waals surface area contributed by atoms with Crippen LogP contribution in [-0.4, -0.2) is 17.6 Å². The van der Waals surface area contributed by atoms with E-state index < -0.39 is 0 Å². The molecule has 0 aliphatic heterocycles. The Labute approximate surface area is 170 Å². The first-order chi connectivity index (χ1) is 14.1. The molecule has 2 saturated carbocycles. The second-order valence-corrected chi connectivity index (χ2v) is 8.13. The predicted octanol–water partition coefficient (Wildman–Crippen LogP) is 3.95. The van der Waals surface area contributed by atoms with E-state index >= 15 is 0 Å². The maximum absolute atomic E-state index is 12.7. The molecule has 4 rings (SSSR count). The zero-order valence-electron chi connectivity index (χ0n) is 16.4. The lowest BCUT2D eigenvalue weighted by Gasteiger charge is -2.36. The van der Waals surface area contributed by atoms with Crippen molar-refractivity contribution in [2.24, 2.45) is 17.8 Å². The fourth-order valence-corrected chi connectivity index (χ4v) is 4.57. The minimum absolute atomic E-state index is 0.0218. The molecular formula is C24H26N2O3. The van der Waals surface area contributed by atoms with Gasteiger partial charge in [-0.1, -0.05) is 36.8 Å². The topological polar surface area (TPSA) is 75.3 Å². The van der Waals surface area contributed by atoms with Crippen LogP contribution in [0, 0.1) is 17.8 Å². The number of nitrogens with one attached hydrogen (secondary N) is 2. The average molecular weight is 390 g/mol. The minimum atomic E-state index is -0.178. The van der Waals surface area contributed by atoms with Crippen molar-refractivity contribution in [1.29, 1.82) is 0 Å². The number of rotatable bonds is 5. The lowest BCUT2D eigenvalue weighted by atomic mass is 9.67. The van der Waals surface area contributed by atoms with Gasteiger partial charge in [-0.2, -0.15) is 0 Å². The third-order valence-electron chi connectivity index (χ3n) is 6.11. The van der Waals surface area contributed by atoms with Gasteiger partial charge in [0, 0.05) is 35.5 Å². The Kier molecular flexibility index (Phi) is 5.74. The number of amides is 2. The third-order valence-corrected chi connectivity index (χ3v) is 6.11. The number of hydrogen-bond donors (Lipinski definition) is 2. The van der Waals surface area contributed by atoms with Crippen molar-refractivity contribution in [1.82, 2.24) is 5.32 Å². The van der Waals surface area contributed by atoms with Gasteiger partial charge in [0.25, 0.3) is 5.91 Å². The van der Waals surface area contributed by atoms with Crippen molar-refractivity contribution in [2.75, 3.05) is 5.32 Å². The van der Waals surface area contributed by atoms with Crippen LogP contribution in [0.15, 0.2) is 54.6 Å². The van der Waals surface area contributed by atoms with Gasteiger partial charge in [0.05, 0.1) is 0 Å². The Hall–Kier alpha value is -2.95. The van der Waals surface area contributed by atoms with Gasteiger partial charge < -0.3 is 10.6 Å². The van der Waals surface area contributed by atoms with Crippen molar-refractivity contribution in [3.63, 3.8) is 0 Å². The van der Waals surface area contributed by atoms with Crippen molar-refractivity contribution >= 4 is 23.3 Å². The molecule has 2 aliphatic carbocycles. The van der Waals surface area contributed by atoms with Crippen molar-refractivity contribution < 1.29 is 14.4 Å². The standard InChI is InChI=1S/C24H26N2O3/c27-22-17-7-5-8-18(22)14-20(13-17)23(28)25-15-16-6-4-9-19(12-16)24(29)26-21-10-2-1-3-11-21/h1-4,6,9-12,17-18,20H,5,7-8,13-15H2,(H,25,28)(H,26,29)/t17-,18+,20?. The van der Waals surface area contributed by atoms with E-state index in [1.807, 2.05) is 42.5 Å².